The molecule has 0 aromatic heterocycles. The number of rotatable bonds is 7. The van der Waals surface area contributed by atoms with Crippen LogP contribution in [0.4, 0.5) is 0 Å². The fraction of sp³-hybridized carbons (Fsp3) is 0.455. The van der Waals surface area contributed by atoms with Crippen molar-refractivity contribution >= 4 is 21.4 Å². The third-order valence-electron chi connectivity index (χ3n) is 2.14. The van der Waals surface area contributed by atoms with Gasteiger partial charge in [0.2, 0.25) is 0 Å². The van der Waals surface area contributed by atoms with E-state index in [0.717, 1.165) is 0 Å². The molecular formula is C11H16ClNO3S. The van der Waals surface area contributed by atoms with Crippen LogP contribution in [0.2, 0.25) is 5.02 Å². The summed E-state index contributed by atoms with van der Waals surface area (Å²) in [6.45, 7) is 0.534. The first-order valence-corrected chi connectivity index (χ1v) is 7.52. The first-order chi connectivity index (χ1) is 8.03. The van der Waals surface area contributed by atoms with Crippen LogP contribution in [0.25, 0.3) is 0 Å². The molecule has 4 nitrogen and oxygen atoms in total. The highest BCUT2D eigenvalue weighted by Gasteiger charge is 2.10. The SMILES string of the molecule is NCCCS(=O)(=O)CCOc1ccc(Cl)cc1. The minimum absolute atomic E-state index is 0.00955. The van der Waals surface area contributed by atoms with Crippen molar-refractivity contribution < 1.29 is 13.2 Å². The van der Waals surface area contributed by atoms with Crippen molar-refractivity contribution in [2.24, 2.45) is 5.73 Å². The maximum Gasteiger partial charge on any atom is 0.153 e. The number of hydrogen-bond acceptors (Lipinski definition) is 4. The van der Waals surface area contributed by atoms with Crippen molar-refractivity contribution in [2.45, 2.75) is 6.42 Å². The van der Waals surface area contributed by atoms with E-state index in [4.69, 9.17) is 22.1 Å². The highest BCUT2D eigenvalue weighted by atomic mass is 35.5. The van der Waals surface area contributed by atoms with Gasteiger partial charge in [0.1, 0.15) is 12.4 Å². The molecular weight excluding hydrogens is 262 g/mol. The average Bonchev–Trinajstić information content (AvgIpc) is 2.29. The molecule has 1 aromatic carbocycles. The van der Waals surface area contributed by atoms with Crippen molar-refractivity contribution in [3.63, 3.8) is 0 Å². The molecule has 0 aliphatic carbocycles. The highest BCUT2D eigenvalue weighted by molar-refractivity contribution is 7.91. The number of benzene rings is 1. The fourth-order valence-electron chi connectivity index (χ4n) is 1.22. The summed E-state index contributed by atoms with van der Waals surface area (Å²) in [5, 5.41) is 0.618. The molecule has 0 saturated carbocycles. The molecule has 2 N–H and O–H groups in total. The zero-order valence-electron chi connectivity index (χ0n) is 9.43. The predicted molar refractivity (Wildman–Crippen MR) is 69.3 cm³/mol. The average molecular weight is 278 g/mol. The Balaban J connectivity index is 2.34. The monoisotopic (exact) mass is 277 g/mol. The van der Waals surface area contributed by atoms with Crippen LogP contribution in [0.3, 0.4) is 0 Å². The molecule has 0 aliphatic heterocycles. The van der Waals surface area contributed by atoms with Crippen LogP contribution in [-0.4, -0.2) is 33.1 Å². The summed E-state index contributed by atoms with van der Waals surface area (Å²) in [6.07, 6.45) is 0.489. The normalized spacial score (nSPS) is 11.4. The third-order valence-corrected chi connectivity index (χ3v) is 4.09. The Morgan fingerprint density at radius 2 is 1.82 bits per heavy atom. The molecule has 6 heteroatoms. The van der Waals surface area contributed by atoms with Crippen LogP contribution < -0.4 is 10.5 Å². The fourth-order valence-corrected chi connectivity index (χ4v) is 2.50. The standard InChI is InChI=1S/C11H16ClNO3S/c12-10-2-4-11(5-3-10)16-7-9-17(14,15)8-1-6-13/h2-5H,1,6-9,13H2. The maximum atomic E-state index is 11.5. The number of nitrogens with two attached hydrogens (primary N) is 1. The molecule has 0 amide bonds. The van der Waals surface area contributed by atoms with Gasteiger partial charge in [0, 0.05) is 5.02 Å². The molecule has 0 radical (unpaired) electrons. The van der Waals surface area contributed by atoms with Crippen molar-refractivity contribution in [2.75, 3.05) is 24.7 Å². The van der Waals surface area contributed by atoms with Gasteiger partial charge in [-0.3, -0.25) is 0 Å². The minimum atomic E-state index is -3.05. The smallest absolute Gasteiger partial charge is 0.153 e. The summed E-state index contributed by atoms with van der Waals surface area (Å²) in [6, 6.07) is 6.79. The van der Waals surface area contributed by atoms with E-state index in [1.54, 1.807) is 24.3 Å². The van der Waals surface area contributed by atoms with Gasteiger partial charge in [-0.1, -0.05) is 11.6 Å². The Morgan fingerprint density at radius 3 is 2.41 bits per heavy atom. The van der Waals surface area contributed by atoms with Crippen molar-refractivity contribution in [1.29, 1.82) is 0 Å². The Hall–Kier alpha value is -0.780. The van der Waals surface area contributed by atoms with Gasteiger partial charge >= 0.3 is 0 Å². The van der Waals surface area contributed by atoms with Crippen LogP contribution in [0.15, 0.2) is 24.3 Å². The molecule has 96 valence electrons. The lowest BCUT2D eigenvalue weighted by molar-refractivity contribution is 0.341. The van der Waals surface area contributed by atoms with Gasteiger partial charge in [-0.2, -0.15) is 0 Å². The van der Waals surface area contributed by atoms with Crippen molar-refractivity contribution in [3.05, 3.63) is 29.3 Å². The topological polar surface area (TPSA) is 69.4 Å². The van der Waals surface area contributed by atoms with E-state index < -0.39 is 9.84 Å². The molecule has 0 atom stereocenters. The second-order valence-corrected chi connectivity index (χ2v) is 6.34. The highest BCUT2D eigenvalue weighted by Crippen LogP contribution is 2.15. The quantitative estimate of drug-likeness (QED) is 0.820. The minimum Gasteiger partial charge on any atom is -0.493 e. The zero-order chi connectivity index (χ0) is 12.7. The second kappa shape index (κ2) is 6.83. The summed E-state index contributed by atoms with van der Waals surface area (Å²) < 4.78 is 28.3. The molecule has 0 saturated heterocycles. The molecule has 0 bridgehead atoms. The van der Waals surface area contributed by atoms with Crippen LogP contribution in [-0.2, 0) is 9.84 Å². The molecule has 1 aromatic rings. The molecule has 0 spiro atoms. The van der Waals surface area contributed by atoms with E-state index in [0.29, 0.717) is 23.7 Å². The van der Waals surface area contributed by atoms with Crippen LogP contribution >= 0.6 is 11.6 Å². The molecule has 0 unspecified atom stereocenters. The number of ether oxygens (including phenoxy) is 1. The van der Waals surface area contributed by atoms with Gasteiger partial charge in [-0.15, -0.1) is 0 Å². The maximum absolute atomic E-state index is 11.5. The largest absolute Gasteiger partial charge is 0.493 e. The third kappa shape index (κ3) is 5.91. The van der Waals surface area contributed by atoms with Crippen molar-refractivity contribution in [3.8, 4) is 5.75 Å². The lowest BCUT2D eigenvalue weighted by Crippen LogP contribution is -2.19. The summed E-state index contributed by atoms with van der Waals surface area (Å²) in [5.41, 5.74) is 5.26. The van der Waals surface area contributed by atoms with E-state index in [1.165, 1.54) is 0 Å². The van der Waals surface area contributed by atoms with Gasteiger partial charge in [-0.25, -0.2) is 8.42 Å². The van der Waals surface area contributed by atoms with E-state index in [9.17, 15) is 8.42 Å². The first-order valence-electron chi connectivity index (χ1n) is 5.32. The predicted octanol–water partition coefficient (Wildman–Crippen LogP) is 1.48. The van der Waals surface area contributed by atoms with E-state index in [2.05, 4.69) is 0 Å². The van der Waals surface area contributed by atoms with Gasteiger partial charge in [0.05, 0.1) is 11.5 Å². The molecule has 17 heavy (non-hydrogen) atoms. The molecule has 1 rings (SSSR count). The Kier molecular flexibility index (Phi) is 5.74. The number of hydrogen-bond donors (Lipinski definition) is 1. The zero-order valence-corrected chi connectivity index (χ0v) is 11.0. The van der Waals surface area contributed by atoms with Crippen LogP contribution in [0.1, 0.15) is 6.42 Å². The Morgan fingerprint density at radius 1 is 1.18 bits per heavy atom. The van der Waals surface area contributed by atoms with E-state index in [1.807, 2.05) is 0 Å². The number of halogens is 1. The summed E-state index contributed by atoms with van der Waals surface area (Å²) in [4.78, 5) is 0. The summed E-state index contributed by atoms with van der Waals surface area (Å²) in [7, 11) is -3.05. The molecule has 0 heterocycles. The van der Waals surface area contributed by atoms with Crippen LogP contribution in [0.5, 0.6) is 5.75 Å². The summed E-state index contributed by atoms with van der Waals surface area (Å²) in [5.74, 6) is 0.742. The Labute approximate surface area is 107 Å². The molecule has 0 fully saturated rings. The Bertz CT molecular complexity index is 431. The lowest BCUT2D eigenvalue weighted by Gasteiger charge is -2.06. The summed E-state index contributed by atoms with van der Waals surface area (Å²) >= 11 is 5.71. The van der Waals surface area contributed by atoms with Gasteiger partial charge < -0.3 is 10.5 Å². The first kappa shape index (κ1) is 14.3. The molecule has 0 aliphatic rings. The van der Waals surface area contributed by atoms with E-state index >= 15 is 0 Å². The lowest BCUT2D eigenvalue weighted by atomic mass is 10.3. The van der Waals surface area contributed by atoms with E-state index in [-0.39, 0.29) is 18.1 Å². The van der Waals surface area contributed by atoms with Crippen LogP contribution in [0, 0.1) is 0 Å². The van der Waals surface area contributed by atoms with Crippen molar-refractivity contribution in [1.82, 2.24) is 0 Å². The van der Waals surface area contributed by atoms with Gasteiger partial charge in [0.25, 0.3) is 0 Å². The number of sulfone groups is 1. The van der Waals surface area contributed by atoms with Gasteiger partial charge in [-0.05, 0) is 37.2 Å². The second-order valence-electron chi connectivity index (χ2n) is 3.60. The van der Waals surface area contributed by atoms with Gasteiger partial charge in [0.15, 0.2) is 9.84 Å².